The van der Waals surface area contributed by atoms with Crippen LogP contribution in [0.3, 0.4) is 0 Å². The van der Waals surface area contributed by atoms with Crippen molar-refractivity contribution < 1.29 is 4.42 Å². The lowest BCUT2D eigenvalue weighted by Crippen LogP contribution is -1.93. The summed E-state index contributed by atoms with van der Waals surface area (Å²) in [5, 5.41) is 10.2. The summed E-state index contributed by atoms with van der Waals surface area (Å²) in [6, 6.07) is 69.0. The zero-order valence-electron chi connectivity index (χ0n) is 47.4. The highest BCUT2D eigenvalue weighted by Crippen LogP contribution is 2.40. The molecule has 17 aromatic rings. The highest BCUT2D eigenvalue weighted by atomic mass is 32.1. The quantitative estimate of drug-likeness (QED) is 0.166. The molecule has 8 aromatic heterocycles. The normalized spacial score (nSPS) is 11.3. The molecular weight excluding hydrogens is 1100 g/mol. The van der Waals surface area contributed by atoms with Crippen LogP contribution in [0.25, 0.3) is 135 Å². The second kappa shape index (κ2) is 23.2. The van der Waals surface area contributed by atoms with Gasteiger partial charge in [0.1, 0.15) is 11.2 Å². The van der Waals surface area contributed by atoms with Crippen LogP contribution in [0.2, 0.25) is 0 Å². The molecule has 17 rings (SSSR count). The summed E-state index contributed by atoms with van der Waals surface area (Å²) in [5.74, 6) is 3.03. The molecule has 0 aliphatic carbocycles. The zero-order valence-corrected chi connectivity index (χ0v) is 49.1. The van der Waals surface area contributed by atoms with Gasteiger partial charge in [-0.3, -0.25) is 0 Å². The first-order valence-corrected chi connectivity index (χ1v) is 29.9. The van der Waals surface area contributed by atoms with E-state index in [0.717, 1.165) is 56.3 Å². The highest BCUT2D eigenvalue weighted by Gasteiger charge is 2.17. The van der Waals surface area contributed by atoms with Crippen molar-refractivity contribution in [2.75, 3.05) is 0 Å². The Hall–Kier alpha value is -10.7. The molecule has 0 saturated carbocycles. The van der Waals surface area contributed by atoms with Gasteiger partial charge in [0.25, 0.3) is 0 Å². The van der Waals surface area contributed by atoms with Gasteiger partial charge < -0.3 is 8.98 Å². The number of aryl methyl sites for hydroxylation is 4. The van der Waals surface area contributed by atoms with E-state index in [9.17, 15) is 0 Å². The molecule has 9 aromatic carbocycles. The van der Waals surface area contributed by atoms with Crippen LogP contribution in [0.1, 0.15) is 22.3 Å². The van der Waals surface area contributed by atoms with Gasteiger partial charge in [-0.1, -0.05) is 84.9 Å². The van der Waals surface area contributed by atoms with Crippen LogP contribution in [0.4, 0.5) is 0 Å². The first kappa shape index (κ1) is 53.4. The summed E-state index contributed by atoms with van der Waals surface area (Å²) >= 11 is 3.67. The van der Waals surface area contributed by atoms with Gasteiger partial charge in [-0.15, -0.1) is 22.7 Å². The fraction of sp³-hybridized carbons (Fsp3) is 0.0541. The Balaban J connectivity index is 0.000000102. The van der Waals surface area contributed by atoms with Crippen LogP contribution in [0, 0.1) is 27.7 Å². The van der Waals surface area contributed by atoms with Crippen molar-refractivity contribution in [1.82, 2.24) is 44.4 Å². The van der Waals surface area contributed by atoms with Gasteiger partial charge in [0.2, 0.25) is 0 Å². The minimum absolute atomic E-state index is 0.714. The second-order valence-electron chi connectivity index (χ2n) is 20.9. The Morgan fingerprint density at radius 2 is 0.744 bits per heavy atom. The van der Waals surface area contributed by atoms with Crippen LogP contribution in [0.15, 0.2) is 254 Å². The van der Waals surface area contributed by atoms with Crippen molar-refractivity contribution in [3.05, 3.63) is 272 Å². The monoisotopic (exact) mass is 1150 g/mol. The molecule has 0 fully saturated rings. The van der Waals surface area contributed by atoms with Crippen LogP contribution >= 0.6 is 22.7 Å². The van der Waals surface area contributed by atoms with E-state index in [0.29, 0.717) is 5.82 Å². The van der Waals surface area contributed by atoms with Crippen LogP contribution in [-0.4, -0.2) is 44.4 Å². The topological polar surface area (TPSA) is 121 Å². The van der Waals surface area contributed by atoms with Crippen molar-refractivity contribution >= 4 is 107 Å². The highest BCUT2D eigenvalue weighted by molar-refractivity contribution is 7.26. The number of aromatic nitrogens is 9. The molecule has 8 heterocycles. The fourth-order valence-electron chi connectivity index (χ4n) is 11.5. The molecule has 0 aliphatic heterocycles. The lowest BCUT2D eigenvalue weighted by molar-refractivity contribution is 0.669. The number of nitrogens with zero attached hydrogens (tertiary/aromatic N) is 9. The van der Waals surface area contributed by atoms with Gasteiger partial charge in [-0.05, 0) is 165 Å². The third-order valence-corrected chi connectivity index (χ3v) is 17.7. The number of para-hydroxylation sites is 1. The van der Waals surface area contributed by atoms with Crippen molar-refractivity contribution in [2.45, 2.75) is 27.7 Å². The molecule has 0 aliphatic rings. The number of rotatable bonds is 5. The van der Waals surface area contributed by atoms with Gasteiger partial charge in [-0.25, -0.2) is 39.9 Å². The SMILES string of the molecule is Cc1cccc2c1c1cc(-c3ncccn3)ccc1n2-c1ccccc1.Cc1cccc2oc3cc(-c4ncccn4)ccc3c12.Cc1cccc2sc3cc(-c4ncccn4)ccc3c12.Cc1cccc2sc3ccc(-c4ncccn4)cc3c12. The standard InChI is InChI=1S/C23H17N3.C17H12N2O.2C17H12N2S/c1-16-7-5-10-21-22(16)19-15-17(23-24-13-6-14-25-23)11-12-20(19)26(21)18-8-3-2-4-9-18;1-11-4-2-5-14-16(11)13-7-6-12(10-15(13)20-14)17-18-8-3-9-19-17;1-11-4-2-5-15-16(11)13-10-12(6-7-14(13)20-15)17-18-8-3-9-19-17;1-11-4-2-5-14-16(11)13-7-6-12(10-15(13)20-14)17-18-8-3-9-19-17/h2-15H,1H3;3*2-10H,1H3. The summed E-state index contributed by atoms with van der Waals surface area (Å²) in [5.41, 5.74) is 14.7. The smallest absolute Gasteiger partial charge is 0.159 e. The van der Waals surface area contributed by atoms with E-state index < -0.39 is 0 Å². The average Bonchev–Trinajstić information content (AvgIpc) is 3.27. The van der Waals surface area contributed by atoms with Crippen LogP contribution < -0.4 is 0 Å². The maximum atomic E-state index is 5.94. The Kier molecular flexibility index (Phi) is 14.4. The largest absolute Gasteiger partial charge is 0.456 e. The summed E-state index contributed by atoms with van der Waals surface area (Å²) in [6.07, 6.45) is 14.2. The van der Waals surface area contributed by atoms with Gasteiger partial charge in [0, 0.05) is 139 Å². The Labute approximate surface area is 503 Å². The van der Waals surface area contributed by atoms with E-state index in [4.69, 9.17) is 4.42 Å². The van der Waals surface area contributed by atoms with Crippen molar-refractivity contribution in [3.8, 4) is 51.2 Å². The number of thiophene rings is 2. The van der Waals surface area contributed by atoms with E-state index in [1.54, 1.807) is 49.6 Å². The number of benzene rings is 9. The first-order chi connectivity index (χ1) is 42.3. The van der Waals surface area contributed by atoms with E-state index in [2.05, 4.69) is 218 Å². The second-order valence-corrected chi connectivity index (χ2v) is 23.1. The minimum atomic E-state index is 0.714. The van der Waals surface area contributed by atoms with Gasteiger partial charge in [0.05, 0.1) is 11.0 Å². The Morgan fingerprint density at radius 1 is 0.291 bits per heavy atom. The van der Waals surface area contributed by atoms with Crippen molar-refractivity contribution in [3.63, 3.8) is 0 Å². The molecule has 0 saturated heterocycles. The summed E-state index contributed by atoms with van der Waals surface area (Å²) in [4.78, 5) is 34.7. The average molecular weight is 1150 g/mol. The molecule has 12 heteroatoms. The van der Waals surface area contributed by atoms with Crippen LogP contribution in [0.5, 0.6) is 0 Å². The third-order valence-electron chi connectivity index (χ3n) is 15.4. The predicted octanol–water partition coefficient (Wildman–Crippen LogP) is 19.5. The molecule has 0 atom stereocenters. The molecule has 0 amide bonds. The lowest BCUT2D eigenvalue weighted by atomic mass is 10.1. The number of furan rings is 1. The molecule has 0 N–H and O–H groups in total. The predicted molar refractivity (Wildman–Crippen MR) is 356 cm³/mol. The summed E-state index contributed by atoms with van der Waals surface area (Å²) < 4.78 is 13.5. The minimum Gasteiger partial charge on any atom is -0.456 e. The summed E-state index contributed by atoms with van der Waals surface area (Å²) in [7, 11) is 0. The molecule has 86 heavy (non-hydrogen) atoms. The van der Waals surface area contributed by atoms with E-state index >= 15 is 0 Å². The van der Waals surface area contributed by atoms with E-state index in [1.165, 1.54) is 95.5 Å². The maximum absolute atomic E-state index is 5.94. The lowest BCUT2D eigenvalue weighted by Gasteiger charge is -2.07. The van der Waals surface area contributed by atoms with E-state index in [-0.39, 0.29) is 0 Å². The third kappa shape index (κ3) is 10.3. The molecule has 412 valence electrons. The molecule has 0 radical (unpaired) electrons. The number of hydrogen-bond donors (Lipinski definition) is 0. The molecular formula is C74H53N9OS2. The first-order valence-electron chi connectivity index (χ1n) is 28.3. The van der Waals surface area contributed by atoms with Crippen LogP contribution in [-0.2, 0) is 0 Å². The van der Waals surface area contributed by atoms with E-state index in [1.807, 2.05) is 77.3 Å². The van der Waals surface area contributed by atoms with Crippen molar-refractivity contribution in [1.29, 1.82) is 0 Å². The fourth-order valence-corrected chi connectivity index (χ4v) is 13.8. The Bertz CT molecular complexity index is 5120. The zero-order chi connectivity index (χ0) is 58.1. The van der Waals surface area contributed by atoms with Gasteiger partial charge in [-0.2, -0.15) is 0 Å². The molecule has 0 unspecified atom stereocenters. The summed E-state index contributed by atoms with van der Waals surface area (Å²) in [6.45, 7) is 8.61. The van der Waals surface area contributed by atoms with Crippen molar-refractivity contribution in [2.24, 2.45) is 0 Å². The molecule has 0 spiro atoms. The van der Waals surface area contributed by atoms with Gasteiger partial charge >= 0.3 is 0 Å². The Morgan fingerprint density at radius 3 is 1.34 bits per heavy atom. The molecule has 10 nitrogen and oxygen atoms in total. The number of hydrogen-bond acceptors (Lipinski definition) is 11. The number of fused-ring (bicyclic) bond motifs is 12. The van der Waals surface area contributed by atoms with Gasteiger partial charge in [0.15, 0.2) is 23.3 Å². The molecule has 0 bridgehead atoms. The maximum Gasteiger partial charge on any atom is 0.159 e.